The van der Waals surface area contributed by atoms with Gasteiger partial charge in [-0.2, -0.15) is 0 Å². The van der Waals surface area contributed by atoms with Gasteiger partial charge >= 0.3 is 11.7 Å². The number of nitrogens with zero attached hydrogens (tertiary/aromatic N) is 6. The van der Waals surface area contributed by atoms with Crippen LogP contribution in [0.2, 0.25) is 0 Å². The van der Waals surface area contributed by atoms with Crippen LogP contribution in [-0.2, 0) is 21.4 Å². The number of aromatic nitrogens is 6. The molecule has 2 aliphatic rings. The quantitative estimate of drug-likeness (QED) is 0.252. The second kappa shape index (κ2) is 9.62. The van der Waals surface area contributed by atoms with Gasteiger partial charge in [0.1, 0.15) is 23.0 Å². The molecule has 0 saturated carbocycles. The zero-order valence-corrected chi connectivity index (χ0v) is 20.2. The number of hydrogen-bond donors (Lipinski definition) is 3. The number of β-lactam (4-membered cyclic amide) rings is 1. The van der Waals surface area contributed by atoms with E-state index in [9.17, 15) is 24.3 Å². The van der Waals surface area contributed by atoms with Gasteiger partial charge < -0.3 is 10.4 Å². The number of hydrogen-bond acceptors (Lipinski definition) is 11. The van der Waals surface area contributed by atoms with Crippen molar-refractivity contribution in [3.8, 4) is 0 Å². The van der Waals surface area contributed by atoms with Gasteiger partial charge in [0.25, 0.3) is 5.91 Å². The number of nitrogens with one attached hydrogen (secondary N) is 2. The molecule has 16 heteroatoms. The standard InChI is InChI=1S/C20H18N8O6S2/c1-27-19(23-25-26-27)36-8-10-7-35-17-12(16(30)28(17)13(10)18(31)32)21-15(29)11(9-5-3-2-4-6-9)14-22-20(33)34-24-14/h2-6,11-12,17H,7-8H2,1H3,(H,21,29)(H,31,32)(H,22,24,33)/t11?,12-,17?/m0/s1. The van der Waals surface area contributed by atoms with Crippen molar-refractivity contribution in [3.05, 3.63) is 63.5 Å². The molecule has 3 aromatic rings. The molecule has 2 unspecified atom stereocenters. The Labute approximate surface area is 210 Å². The van der Waals surface area contributed by atoms with E-state index in [1.54, 1.807) is 37.4 Å². The predicted octanol–water partition coefficient (Wildman–Crippen LogP) is -0.451. The van der Waals surface area contributed by atoms with Crippen LogP contribution in [0.25, 0.3) is 0 Å². The fourth-order valence-corrected chi connectivity index (χ4v) is 6.31. The maximum absolute atomic E-state index is 13.3. The SMILES string of the molecule is Cn1nnnc1SCC1=C(C(=O)O)N2C(=O)[C@H](NC(=O)C(c3ccccc3)c3noc(=O)[nH]3)C2SC1. The first-order valence-corrected chi connectivity index (χ1v) is 12.5. The molecule has 2 amide bonds. The van der Waals surface area contributed by atoms with Crippen molar-refractivity contribution in [1.82, 2.24) is 40.6 Å². The maximum atomic E-state index is 13.3. The van der Waals surface area contributed by atoms with Crippen LogP contribution in [0.15, 0.2) is 56.1 Å². The lowest BCUT2D eigenvalue weighted by atomic mass is 9.95. The van der Waals surface area contributed by atoms with E-state index >= 15 is 0 Å². The van der Waals surface area contributed by atoms with Crippen LogP contribution in [0.5, 0.6) is 0 Å². The number of carbonyl (C=O) groups is 3. The number of fused-ring (bicyclic) bond motifs is 1. The summed E-state index contributed by atoms with van der Waals surface area (Å²) in [4.78, 5) is 53.5. The molecule has 1 fully saturated rings. The molecular weight excluding hydrogens is 512 g/mol. The van der Waals surface area contributed by atoms with Gasteiger partial charge in [0, 0.05) is 18.6 Å². The molecule has 186 valence electrons. The molecule has 14 nitrogen and oxygen atoms in total. The monoisotopic (exact) mass is 530 g/mol. The summed E-state index contributed by atoms with van der Waals surface area (Å²) in [5, 5.41) is 27.3. The number of carboxylic acids is 1. The Kier molecular flexibility index (Phi) is 6.36. The minimum Gasteiger partial charge on any atom is -0.477 e. The Morgan fingerprint density at radius 1 is 1.33 bits per heavy atom. The molecule has 5 rings (SSSR count). The average Bonchev–Trinajstić information content (AvgIpc) is 3.48. The lowest BCUT2D eigenvalue weighted by Crippen LogP contribution is -2.71. The largest absolute Gasteiger partial charge is 0.477 e. The smallest absolute Gasteiger partial charge is 0.438 e. The van der Waals surface area contributed by atoms with Gasteiger partial charge in [0.2, 0.25) is 11.1 Å². The Balaban J connectivity index is 1.35. The Morgan fingerprint density at radius 3 is 2.75 bits per heavy atom. The predicted molar refractivity (Wildman–Crippen MR) is 125 cm³/mol. The summed E-state index contributed by atoms with van der Waals surface area (Å²) in [7, 11) is 1.67. The second-order valence-electron chi connectivity index (χ2n) is 7.85. The number of tetrazole rings is 1. The molecule has 4 heterocycles. The van der Waals surface area contributed by atoms with Crippen molar-refractivity contribution < 1.29 is 24.0 Å². The van der Waals surface area contributed by atoms with E-state index in [0.717, 1.165) is 0 Å². The summed E-state index contributed by atoms with van der Waals surface area (Å²) in [6.07, 6.45) is 0. The first-order valence-electron chi connectivity index (χ1n) is 10.5. The zero-order chi connectivity index (χ0) is 25.4. The number of amides is 2. The number of thioether (sulfide) groups is 2. The first kappa shape index (κ1) is 23.8. The van der Waals surface area contributed by atoms with Crippen molar-refractivity contribution in [3.63, 3.8) is 0 Å². The number of aromatic amines is 1. The highest BCUT2D eigenvalue weighted by Crippen LogP contribution is 2.41. The molecule has 3 atom stereocenters. The van der Waals surface area contributed by atoms with Gasteiger partial charge in [-0.15, -0.1) is 16.9 Å². The fraction of sp³-hybridized carbons (Fsp3) is 0.300. The number of rotatable bonds is 8. The van der Waals surface area contributed by atoms with Gasteiger partial charge in [0.15, 0.2) is 5.82 Å². The molecular formula is C20H18N8O6S2. The van der Waals surface area contributed by atoms with Crippen LogP contribution in [0.4, 0.5) is 0 Å². The van der Waals surface area contributed by atoms with Crippen molar-refractivity contribution in [2.24, 2.45) is 7.05 Å². The lowest BCUT2D eigenvalue weighted by Gasteiger charge is -2.49. The molecule has 3 N–H and O–H groups in total. The van der Waals surface area contributed by atoms with Crippen LogP contribution in [-0.4, -0.2) is 81.1 Å². The summed E-state index contributed by atoms with van der Waals surface area (Å²) in [5.74, 6) is -3.58. The summed E-state index contributed by atoms with van der Waals surface area (Å²) >= 11 is 2.61. The van der Waals surface area contributed by atoms with Gasteiger partial charge in [-0.25, -0.2) is 14.3 Å². The molecule has 2 aliphatic heterocycles. The van der Waals surface area contributed by atoms with Gasteiger partial charge in [-0.05, 0) is 21.6 Å². The third kappa shape index (κ3) is 4.28. The third-order valence-corrected chi connectivity index (χ3v) is 8.07. The molecule has 1 saturated heterocycles. The fourth-order valence-electron chi connectivity index (χ4n) is 3.97. The third-order valence-electron chi connectivity index (χ3n) is 5.63. The van der Waals surface area contributed by atoms with Crippen LogP contribution in [0, 0.1) is 0 Å². The molecule has 0 spiro atoms. The number of carboxylic acid groups (broad SMARTS) is 1. The topological polar surface area (TPSA) is 189 Å². The summed E-state index contributed by atoms with van der Waals surface area (Å²) in [6, 6.07) is 7.64. The van der Waals surface area contributed by atoms with E-state index in [0.29, 0.717) is 22.0 Å². The van der Waals surface area contributed by atoms with E-state index in [2.05, 4.69) is 35.5 Å². The summed E-state index contributed by atoms with van der Waals surface area (Å²) in [5.41, 5.74) is 0.984. The van der Waals surface area contributed by atoms with Crippen LogP contribution in [0.3, 0.4) is 0 Å². The average molecular weight is 531 g/mol. The van der Waals surface area contributed by atoms with Gasteiger partial charge in [-0.3, -0.25) is 24.0 Å². The van der Waals surface area contributed by atoms with Crippen LogP contribution >= 0.6 is 23.5 Å². The Morgan fingerprint density at radius 2 is 2.11 bits per heavy atom. The summed E-state index contributed by atoms with van der Waals surface area (Å²) < 4.78 is 6.04. The highest BCUT2D eigenvalue weighted by Gasteiger charge is 2.54. The lowest BCUT2D eigenvalue weighted by molar-refractivity contribution is -0.150. The minimum absolute atomic E-state index is 0.00711. The van der Waals surface area contributed by atoms with E-state index in [1.165, 1.54) is 33.1 Å². The van der Waals surface area contributed by atoms with Crippen molar-refractivity contribution in [2.75, 3.05) is 11.5 Å². The van der Waals surface area contributed by atoms with E-state index in [4.69, 9.17) is 0 Å². The van der Waals surface area contributed by atoms with Crippen molar-refractivity contribution in [1.29, 1.82) is 0 Å². The van der Waals surface area contributed by atoms with E-state index < -0.39 is 40.9 Å². The van der Waals surface area contributed by atoms with Crippen LogP contribution in [0.1, 0.15) is 17.3 Å². The highest BCUT2D eigenvalue weighted by molar-refractivity contribution is 8.01. The molecule has 36 heavy (non-hydrogen) atoms. The van der Waals surface area contributed by atoms with Gasteiger partial charge in [-0.1, -0.05) is 47.3 Å². The number of H-pyrrole nitrogens is 1. The summed E-state index contributed by atoms with van der Waals surface area (Å²) in [6.45, 7) is 0. The Bertz CT molecular complexity index is 1420. The zero-order valence-electron chi connectivity index (χ0n) is 18.5. The first-order chi connectivity index (χ1) is 17.3. The molecule has 0 radical (unpaired) electrons. The molecule has 0 bridgehead atoms. The van der Waals surface area contributed by atoms with E-state index in [1.807, 2.05) is 0 Å². The molecule has 0 aliphatic carbocycles. The molecule has 1 aromatic carbocycles. The maximum Gasteiger partial charge on any atom is 0.438 e. The Hall–Kier alpha value is -3.92. The number of aryl methyl sites for hydroxylation is 1. The second-order valence-corrected chi connectivity index (χ2v) is 9.90. The van der Waals surface area contributed by atoms with Crippen molar-refractivity contribution >= 4 is 41.3 Å². The highest BCUT2D eigenvalue weighted by atomic mass is 32.2. The molecule has 2 aromatic heterocycles. The van der Waals surface area contributed by atoms with Gasteiger partial charge in [0.05, 0.1) is 0 Å². The van der Waals surface area contributed by atoms with E-state index in [-0.39, 0.29) is 17.3 Å². The van der Waals surface area contributed by atoms with Crippen molar-refractivity contribution in [2.45, 2.75) is 22.5 Å². The van der Waals surface area contributed by atoms with Crippen LogP contribution < -0.4 is 11.1 Å². The minimum atomic E-state index is -1.23. The number of aliphatic carboxylic acids is 1. The normalized spacial score (nSPS) is 20.0. The number of carbonyl (C=O) groups excluding carboxylic acids is 2. The number of benzene rings is 1.